The van der Waals surface area contributed by atoms with Crippen LogP contribution in [0.4, 0.5) is 0 Å². The molecule has 0 saturated carbocycles. The Hall–Kier alpha value is -0.0800. The Morgan fingerprint density at radius 1 is 1.25 bits per heavy atom. The van der Waals surface area contributed by atoms with E-state index >= 15 is 0 Å². The fourth-order valence-electron chi connectivity index (χ4n) is 0. The molecule has 0 rings (SSSR count). The quantitative estimate of drug-likeness (QED) is 0.404. The van der Waals surface area contributed by atoms with Crippen LogP contribution in [0.15, 0.2) is 0 Å². The topological polar surface area (TPSA) is 51.7 Å². The van der Waals surface area contributed by atoms with Gasteiger partial charge in [-0.15, -0.1) is 0 Å². The summed E-state index contributed by atoms with van der Waals surface area (Å²) in [6.45, 7) is 0. The summed E-state index contributed by atoms with van der Waals surface area (Å²) < 4.78 is 0. The highest BCUT2D eigenvalue weighted by molar-refractivity contribution is 3.18. The van der Waals surface area contributed by atoms with Crippen molar-refractivity contribution in [2.75, 3.05) is 7.11 Å². The van der Waals surface area contributed by atoms with E-state index in [4.69, 9.17) is 5.11 Å². The molecule has 0 bridgehead atoms. The van der Waals surface area contributed by atoms with Crippen molar-refractivity contribution in [2.45, 2.75) is 7.43 Å². The molecule has 0 atom stereocenters. The molecule has 0 aromatic rings. The van der Waals surface area contributed by atoms with Crippen LogP contribution in [-0.4, -0.2) is 17.7 Å². The van der Waals surface area contributed by atoms with Gasteiger partial charge in [0, 0.05) is 7.11 Å². The van der Waals surface area contributed by atoms with E-state index in [9.17, 15) is 0 Å². The maximum atomic E-state index is 7.00. The average Bonchev–Trinajstić information content (AvgIpc) is 1.00. The first-order valence-corrected chi connectivity index (χ1v) is 0.447. The van der Waals surface area contributed by atoms with Gasteiger partial charge in [0.25, 0.3) is 0 Å². The molecule has 0 fully saturated rings. The zero-order valence-electron chi connectivity index (χ0n) is 1.95. The minimum Gasteiger partial charge on any atom is -0.412 e. The lowest BCUT2D eigenvalue weighted by molar-refractivity contribution is 0.399. The standard InChI is InChI=1S/CH4O.CH4.H2O/c1-2;;/h2H,1H3;1H4;1H2. The molecule has 0 unspecified atom stereocenters. The summed E-state index contributed by atoms with van der Waals surface area (Å²) in [7, 11) is 1.00. The highest BCUT2D eigenvalue weighted by Crippen LogP contribution is 0.755. The zero-order valence-corrected chi connectivity index (χ0v) is 1.95. The molecule has 0 aromatic heterocycles. The van der Waals surface area contributed by atoms with E-state index in [0.29, 0.717) is 0 Å². The SMILES string of the molecule is C.CO.O. The highest BCUT2D eigenvalue weighted by Gasteiger charge is 0.839. The van der Waals surface area contributed by atoms with Gasteiger partial charge in [-0.25, -0.2) is 0 Å². The predicted octanol–water partition coefficient (Wildman–Crippen LogP) is -0.580. The van der Waals surface area contributed by atoms with Gasteiger partial charge in [-0.1, -0.05) is 7.43 Å². The number of hydrogen-bond donors (Lipinski definition) is 1. The molecule has 3 N–H and O–H groups in total. The highest BCUT2D eigenvalue weighted by atomic mass is 16.2. The van der Waals surface area contributed by atoms with Crippen molar-refractivity contribution in [3.63, 3.8) is 0 Å². The Labute approximate surface area is 26.4 Å². The monoisotopic (exact) mass is 66.1 g/mol. The van der Waals surface area contributed by atoms with Gasteiger partial charge in [0.15, 0.2) is 0 Å². The van der Waals surface area contributed by atoms with Crippen molar-refractivity contribution in [2.24, 2.45) is 0 Å². The van der Waals surface area contributed by atoms with Crippen molar-refractivity contribution < 1.29 is 10.6 Å². The van der Waals surface area contributed by atoms with Crippen LogP contribution in [-0.2, 0) is 0 Å². The van der Waals surface area contributed by atoms with Gasteiger partial charge in [-0.2, -0.15) is 0 Å². The van der Waals surface area contributed by atoms with Crippen molar-refractivity contribution in [1.82, 2.24) is 0 Å². The fourth-order valence-corrected chi connectivity index (χ4v) is 0. The zero-order chi connectivity index (χ0) is 2.00. The molecule has 2 nitrogen and oxygen atoms in total. The molecule has 0 aromatic carbocycles. The normalized spacial score (nSPS) is 1.50. The second-order valence-corrected chi connectivity index (χ2v) is 0. The third-order valence-electron chi connectivity index (χ3n) is 0. The number of hydrogen-bond acceptors (Lipinski definition) is 1. The van der Waals surface area contributed by atoms with Crippen molar-refractivity contribution in [3.8, 4) is 0 Å². The summed E-state index contributed by atoms with van der Waals surface area (Å²) in [6, 6.07) is 0. The van der Waals surface area contributed by atoms with Crippen LogP contribution in [0.2, 0.25) is 0 Å². The van der Waals surface area contributed by atoms with Gasteiger partial charge in [0.2, 0.25) is 0 Å². The molecule has 4 heavy (non-hydrogen) atoms. The van der Waals surface area contributed by atoms with Gasteiger partial charge in [-0.3, -0.25) is 0 Å². The molecule has 0 aliphatic rings. The van der Waals surface area contributed by atoms with Crippen molar-refractivity contribution in [1.29, 1.82) is 0 Å². The van der Waals surface area contributed by atoms with Crippen molar-refractivity contribution >= 4 is 0 Å². The van der Waals surface area contributed by atoms with Crippen LogP contribution in [0.3, 0.4) is 0 Å². The van der Waals surface area contributed by atoms with Crippen LogP contribution < -0.4 is 0 Å². The maximum absolute atomic E-state index is 7.00. The predicted molar refractivity (Wildman–Crippen MR) is 18.5 cm³/mol. The Morgan fingerprint density at radius 3 is 1.25 bits per heavy atom. The van der Waals surface area contributed by atoms with Crippen LogP contribution in [0.5, 0.6) is 0 Å². The minimum absolute atomic E-state index is 0. The number of aliphatic hydroxyl groups excluding tert-OH is 1. The second kappa shape index (κ2) is 1680. The second-order valence-electron chi connectivity index (χ2n) is 0. The third kappa shape index (κ3) is 254. The molecular formula is C2H10O2. The lowest BCUT2D eigenvalue weighted by Gasteiger charge is -1.21. The largest absolute Gasteiger partial charge is 0.412 e. The summed E-state index contributed by atoms with van der Waals surface area (Å²) in [5, 5.41) is 7.00. The van der Waals surface area contributed by atoms with E-state index in [-0.39, 0.29) is 12.9 Å². The Bertz CT molecular complexity index is 4.00. The van der Waals surface area contributed by atoms with Gasteiger partial charge in [-0.05, 0) is 0 Å². The van der Waals surface area contributed by atoms with E-state index in [1.165, 1.54) is 0 Å². The molecule has 0 radical (unpaired) electrons. The fraction of sp³-hybridized carbons (Fsp3) is 1.00. The maximum Gasteiger partial charge on any atom is 0.0319 e. The molecule has 0 heterocycles. The van der Waals surface area contributed by atoms with Gasteiger partial charge in [0.1, 0.15) is 0 Å². The van der Waals surface area contributed by atoms with Gasteiger partial charge >= 0.3 is 0 Å². The van der Waals surface area contributed by atoms with E-state index in [2.05, 4.69) is 0 Å². The summed E-state index contributed by atoms with van der Waals surface area (Å²) in [5.41, 5.74) is 0. The van der Waals surface area contributed by atoms with Crippen LogP contribution in [0, 0.1) is 0 Å². The summed E-state index contributed by atoms with van der Waals surface area (Å²) >= 11 is 0. The molecule has 30 valence electrons. The summed E-state index contributed by atoms with van der Waals surface area (Å²) in [6.07, 6.45) is 0. The molecule has 2 heteroatoms. The van der Waals surface area contributed by atoms with E-state index in [1.807, 2.05) is 0 Å². The molecular weight excluding hydrogens is 56.0 g/mol. The molecule has 0 spiro atoms. The van der Waals surface area contributed by atoms with Crippen molar-refractivity contribution in [3.05, 3.63) is 0 Å². The Balaban J connectivity index is -0.00000000500. The summed E-state index contributed by atoms with van der Waals surface area (Å²) in [4.78, 5) is 0. The van der Waals surface area contributed by atoms with E-state index < -0.39 is 0 Å². The molecule has 0 saturated heterocycles. The molecule has 0 amide bonds. The molecule has 0 aliphatic carbocycles. The van der Waals surface area contributed by atoms with Gasteiger partial charge in [0.05, 0.1) is 0 Å². The summed E-state index contributed by atoms with van der Waals surface area (Å²) in [5.74, 6) is 0. The minimum atomic E-state index is 0. The molecule has 0 aliphatic heterocycles. The van der Waals surface area contributed by atoms with Crippen LogP contribution >= 0.6 is 0 Å². The lowest BCUT2D eigenvalue weighted by Crippen LogP contribution is -1.25. The van der Waals surface area contributed by atoms with Crippen LogP contribution in [0.25, 0.3) is 0 Å². The Morgan fingerprint density at radius 2 is 1.25 bits per heavy atom. The third-order valence-corrected chi connectivity index (χ3v) is 0. The van der Waals surface area contributed by atoms with E-state index in [0.717, 1.165) is 7.11 Å². The number of rotatable bonds is 0. The first kappa shape index (κ1) is 39.5. The number of aliphatic hydroxyl groups is 1. The first-order valence-electron chi connectivity index (χ1n) is 0.447. The van der Waals surface area contributed by atoms with E-state index in [1.54, 1.807) is 0 Å². The van der Waals surface area contributed by atoms with Gasteiger partial charge < -0.3 is 10.6 Å². The first-order chi connectivity index (χ1) is 1.00. The van der Waals surface area contributed by atoms with Crippen LogP contribution in [0.1, 0.15) is 7.43 Å². The lowest BCUT2D eigenvalue weighted by atomic mass is 11.8. The average molecular weight is 66.1 g/mol. The smallest absolute Gasteiger partial charge is 0.0319 e. The Kier molecular flexibility index (Phi) is 16600.